The number of rotatable bonds is 4. The van der Waals surface area contributed by atoms with Crippen LogP contribution in [0.2, 0.25) is 0 Å². The van der Waals surface area contributed by atoms with Crippen LogP contribution in [0.4, 0.5) is 0 Å². The van der Waals surface area contributed by atoms with E-state index in [1.807, 2.05) is 14.0 Å². The van der Waals surface area contributed by atoms with Crippen LogP contribution < -0.4 is 0 Å². The summed E-state index contributed by atoms with van der Waals surface area (Å²) >= 11 is 3.35. The van der Waals surface area contributed by atoms with Crippen LogP contribution in [-0.2, 0) is 11.8 Å². The van der Waals surface area contributed by atoms with E-state index in [2.05, 4.69) is 21.0 Å². The van der Waals surface area contributed by atoms with E-state index in [4.69, 9.17) is 4.74 Å². The first-order chi connectivity index (χ1) is 6.57. The van der Waals surface area contributed by atoms with Gasteiger partial charge in [0.1, 0.15) is 6.10 Å². The number of halogens is 1. The lowest BCUT2D eigenvalue weighted by molar-refractivity contribution is 0.0513. The average Bonchev–Trinajstić information content (AvgIpc) is 2.46. The maximum Gasteiger partial charge on any atom is 0.101 e. The largest absolute Gasteiger partial charge is 0.386 e. The third-order valence-corrected chi connectivity index (χ3v) is 2.80. The van der Waals surface area contributed by atoms with Crippen LogP contribution in [0.5, 0.6) is 0 Å². The van der Waals surface area contributed by atoms with E-state index in [0.717, 1.165) is 10.2 Å². The molecule has 4 nitrogen and oxygen atoms in total. The molecule has 2 atom stereocenters. The molecule has 80 valence electrons. The topological polar surface area (TPSA) is 47.3 Å². The number of aliphatic hydroxyl groups is 1. The maximum absolute atomic E-state index is 10.00. The van der Waals surface area contributed by atoms with Crippen molar-refractivity contribution in [2.45, 2.75) is 13.0 Å². The molecule has 1 rings (SSSR count). The van der Waals surface area contributed by atoms with E-state index in [-0.39, 0.29) is 5.92 Å². The molecule has 0 fully saturated rings. The number of hydrogen-bond acceptors (Lipinski definition) is 3. The van der Waals surface area contributed by atoms with Crippen LogP contribution in [-0.4, -0.2) is 28.6 Å². The standard InChI is InChI=1S/C9H15BrN2O2/c1-6(5-14-3)9(13)8-7(10)4-11-12(8)2/h4,6,9,13H,5H2,1-3H3. The molecule has 2 unspecified atom stereocenters. The zero-order valence-electron chi connectivity index (χ0n) is 8.57. The van der Waals surface area contributed by atoms with E-state index in [1.54, 1.807) is 18.0 Å². The van der Waals surface area contributed by atoms with Gasteiger partial charge >= 0.3 is 0 Å². The van der Waals surface area contributed by atoms with Gasteiger partial charge in [-0.3, -0.25) is 4.68 Å². The summed E-state index contributed by atoms with van der Waals surface area (Å²) in [6.45, 7) is 2.46. The van der Waals surface area contributed by atoms with Crippen molar-refractivity contribution in [1.29, 1.82) is 0 Å². The molecule has 1 N–H and O–H groups in total. The summed E-state index contributed by atoms with van der Waals surface area (Å²) in [6, 6.07) is 0. The fourth-order valence-electron chi connectivity index (χ4n) is 1.38. The Bertz CT molecular complexity index is 282. The van der Waals surface area contributed by atoms with E-state index in [9.17, 15) is 5.11 Å². The predicted molar refractivity (Wildman–Crippen MR) is 56.9 cm³/mol. The molecule has 0 saturated heterocycles. The number of aromatic nitrogens is 2. The van der Waals surface area contributed by atoms with Gasteiger partial charge in [0.25, 0.3) is 0 Å². The van der Waals surface area contributed by atoms with Crippen LogP contribution in [0.25, 0.3) is 0 Å². The minimum absolute atomic E-state index is 0.0479. The van der Waals surface area contributed by atoms with Crippen molar-refractivity contribution in [2.75, 3.05) is 13.7 Å². The normalized spacial score (nSPS) is 15.5. The summed E-state index contributed by atoms with van der Waals surface area (Å²) in [5, 5.41) is 14.0. The third-order valence-electron chi connectivity index (χ3n) is 2.19. The van der Waals surface area contributed by atoms with E-state index >= 15 is 0 Å². The average molecular weight is 263 g/mol. The van der Waals surface area contributed by atoms with Gasteiger partial charge in [0.05, 0.1) is 23.0 Å². The lowest BCUT2D eigenvalue weighted by Gasteiger charge is -2.18. The van der Waals surface area contributed by atoms with Crippen LogP contribution in [0, 0.1) is 5.92 Å². The van der Waals surface area contributed by atoms with Crippen LogP contribution >= 0.6 is 15.9 Å². The fourth-order valence-corrected chi connectivity index (χ4v) is 1.96. The molecular weight excluding hydrogens is 248 g/mol. The number of methoxy groups -OCH3 is 1. The van der Waals surface area contributed by atoms with Crippen LogP contribution in [0.15, 0.2) is 10.7 Å². The van der Waals surface area contributed by atoms with Crippen molar-refractivity contribution in [1.82, 2.24) is 9.78 Å². The number of aliphatic hydroxyl groups excluding tert-OH is 1. The molecular formula is C9H15BrN2O2. The Morgan fingerprint density at radius 1 is 1.71 bits per heavy atom. The molecule has 0 aromatic carbocycles. The Labute approximate surface area is 92.0 Å². The molecule has 0 radical (unpaired) electrons. The van der Waals surface area contributed by atoms with Gasteiger partial charge in [-0.05, 0) is 15.9 Å². The monoisotopic (exact) mass is 262 g/mol. The molecule has 0 spiro atoms. The van der Waals surface area contributed by atoms with E-state index < -0.39 is 6.10 Å². The molecule has 1 aromatic heterocycles. The number of ether oxygens (including phenoxy) is 1. The molecule has 0 aliphatic carbocycles. The highest BCUT2D eigenvalue weighted by atomic mass is 79.9. The molecule has 1 heterocycles. The molecule has 0 aliphatic heterocycles. The Balaban J connectivity index is 2.82. The number of aryl methyl sites for hydroxylation is 1. The van der Waals surface area contributed by atoms with Crippen molar-refractivity contribution in [2.24, 2.45) is 13.0 Å². The van der Waals surface area contributed by atoms with E-state index in [0.29, 0.717) is 6.61 Å². The minimum Gasteiger partial charge on any atom is -0.386 e. The Hall–Kier alpha value is -0.390. The fraction of sp³-hybridized carbons (Fsp3) is 0.667. The molecule has 1 aromatic rings. The zero-order valence-corrected chi connectivity index (χ0v) is 10.2. The summed E-state index contributed by atoms with van der Waals surface area (Å²) in [6.07, 6.45) is 1.12. The second-order valence-corrected chi connectivity index (χ2v) is 4.23. The first-order valence-corrected chi connectivity index (χ1v) is 5.21. The molecule has 14 heavy (non-hydrogen) atoms. The number of hydrogen-bond donors (Lipinski definition) is 1. The predicted octanol–water partition coefficient (Wildman–Crippen LogP) is 1.50. The summed E-state index contributed by atoms with van der Waals surface area (Å²) in [4.78, 5) is 0. The van der Waals surface area contributed by atoms with Gasteiger partial charge in [0.15, 0.2) is 0 Å². The van der Waals surface area contributed by atoms with E-state index in [1.165, 1.54) is 0 Å². The van der Waals surface area contributed by atoms with Crippen molar-refractivity contribution in [3.05, 3.63) is 16.4 Å². The highest BCUT2D eigenvalue weighted by Crippen LogP contribution is 2.27. The summed E-state index contributed by atoms with van der Waals surface area (Å²) < 4.78 is 7.49. The highest BCUT2D eigenvalue weighted by molar-refractivity contribution is 9.10. The van der Waals surface area contributed by atoms with Crippen LogP contribution in [0.1, 0.15) is 18.7 Å². The van der Waals surface area contributed by atoms with Gasteiger partial charge in [0, 0.05) is 20.1 Å². The summed E-state index contributed by atoms with van der Waals surface area (Å²) in [5.41, 5.74) is 0.787. The minimum atomic E-state index is -0.558. The van der Waals surface area contributed by atoms with Crippen molar-refractivity contribution >= 4 is 15.9 Å². The van der Waals surface area contributed by atoms with Crippen molar-refractivity contribution < 1.29 is 9.84 Å². The molecule has 5 heteroatoms. The molecule has 0 amide bonds. The zero-order chi connectivity index (χ0) is 10.7. The third kappa shape index (κ3) is 2.34. The lowest BCUT2D eigenvalue weighted by atomic mass is 10.0. The Morgan fingerprint density at radius 2 is 2.36 bits per heavy atom. The maximum atomic E-state index is 10.00. The molecule has 0 aliphatic rings. The highest BCUT2D eigenvalue weighted by Gasteiger charge is 2.22. The SMILES string of the molecule is COCC(C)C(O)c1c(Br)cnn1C. The smallest absolute Gasteiger partial charge is 0.101 e. The number of nitrogens with zero attached hydrogens (tertiary/aromatic N) is 2. The lowest BCUT2D eigenvalue weighted by Crippen LogP contribution is -2.17. The van der Waals surface area contributed by atoms with Gasteiger partial charge in [-0.15, -0.1) is 0 Å². The van der Waals surface area contributed by atoms with Gasteiger partial charge in [-0.25, -0.2) is 0 Å². The molecule has 0 bridgehead atoms. The second kappa shape index (κ2) is 4.91. The Morgan fingerprint density at radius 3 is 2.79 bits per heavy atom. The molecule has 0 saturated carbocycles. The first-order valence-electron chi connectivity index (χ1n) is 4.42. The van der Waals surface area contributed by atoms with Gasteiger partial charge < -0.3 is 9.84 Å². The van der Waals surface area contributed by atoms with Crippen molar-refractivity contribution in [3.8, 4) is 0 Å². The summed E-state index contributed by atoms with van der Waals surface area (Å²) in [5.74, 6) is 0.0479. The Kier molecular flexibility index (Phi) is 4.10. The van der Waals surface area contributed by atoms with Gasteiger partial charge in [0.2, 0.25) is 0 Å². The quantitative estimate of drug-likeness (QED) is 0.895. The van der Waals surface area contributed by atoms with Gasteiger partial charge in [-0.1, -0.05) is 6.92 Å². The first kappa shape index (κ1) is 11.7. The second-order valence-electron chi connectivity index (χ2n) is 3.38. The summed E-state index contributed by atoms with van der Waals surface area (Å²) in [7, 11) is 3.43. The van der Waals surface area contributed by atoms with Gasteiger partial charge in [-0.2, -0.15) is 5.10 Å². The van der Waals surface area contributed by atoms with Crippen LogP contribution in [0.3, 0.4) is 0 Å². The van der Waals surface area contributed by atoms with Crippen molar-refractivity contribution in [3.63, 3.8) is 0 Å².